The molecule has 108 valence electrons. The molecule has 1 atom stereocenters. The van der Waals surface area contributed by atoms with Gasteiger partial charge in [-0.1, -0.05) is 31.2 Å². The van der Waals surface area contributed by atoms with E-state index in [0.717, 1.165) is 42.5 Å². The molecule has 0 fully saturated rings. The van der Waals surface area contributed by atoms with Crippen molar-refractivity contribution in [2.75, 3.05) is 13.1 Å². The van der Waals surface area contributed by atoms with Crippen molar-refractivity contribution in [1.29, 1.82) is 0 Å². The van der Waals surface area contributed by atoms with Gasteiger partial charge in [-0.05, 0) is 45.0 Å². The Morgan fingerprint density at radius 2 is 1.95 bits per heavy atom. The monoisotopic (exact) mass is 272 g/mol. The molecule has 0 saturated carbocycles. The molecule has 0 amide bonds. The number of hydrogen-bond acceptors (Lipinski definition) is 3. The molecular weight excluding hydrogens is 248 g/mol. The van der Waals surface area contributed by atoms with Crippen LogP contribution in [0.3, 0.4) is 0 Å². The van der Waals surface area contributed by atoms with Crippen LogP contribution in [0, 0.1) is 0 Å². The van der Waals surface area contributed by atoms with Crippen LogP contribution in [0.4, 0.5) is 0 Å². The predicted molar refractivity (Wildman–Crippen MR) is 83.8 cm³/mol. The van der Waals surface area contributed by atoms with E-state index in [1.165, 1.54) is 0 Å². The maximum Gasteiger partial charge on any atom is 0.0705 e. The van der Waals surface area contributed by atoms with Crippen LogP contribution in [-0.4, -0.2) is 28.8 Å². The number of hydrogen-bond donors (Lipinski definition) is 2. The highest BCUT2D eigenvalue weighted by atomic mass is 16.3. The Morgan fingerprint density at radius 3 is 2.75 bits per heavy atom. The van der Waals surface area contributed by atoms with Gasteiger partial charge in [-0.25, -0.2) is 0 Å². The number of aromatic nitrogens is 1. The summed E-state index contributed by atoms with van der Waals surface area (Å²) >= 11 is 0. The van der Waals surface area contributed by atoms with Crippen LogP contribution in [0.15, 0.2) is 36.4 Å². The zero-order valence-corrected chi connectivity index (χ0v) is 12.4. The molecule has 0 spiro atoms. The van der Waals surface area contributed by atoms with E-state index in [9.17, 15) is 5.11 Å². The summed E-state index contributed by atoms with van der Waals surface area (Å²) in [4.78, 5) is 4.62. The van der Waals surface area contributed by atoms with Crippen molar-refractivity contribution in [1.82, 2.24) is 10.3 Å². The molecule has 1 aromatic carbocycles. The number of pyridine rings is 1. The van der Waals surface area contributed by atoms with Crippen LogP contribution < -0.4 is 5.32 Å². The van der Waals surface area contributed by atoms with E-state index in [1.54, 1.807) is 0 Å². The number of para-hydroxylation sites is 1. The Morgan fingerprint density at radius 1 is 1.15 bits per heavy atom. The molecule has 1 unspecified atom stereocenters. The third-order valence-electron chi connectivity index (χ3n) is 3.49. The van der Waals surface area contributed by atoms with Gasteiger partial charge in [0.15, 0.2) is 0 Å². The van der Waals surface area contributed by atoms with Crippen molar-refractivity contribution in [3.05, 3.63) is 42.1 Å². The highest BCUT2D eigenvalue weighted by Gasteiger charge is 2.21. The molecule has 2 rings (SSSR count). The van der Waals surface area contributed by atoms with Gasteiger partial charge in [-0.3, -0.25) is 4.98 Å². The average molecular weight is 272 g/mol. The molecule has 2 N–H and O–H groups in total. The molecular formula is C17H24N2O. The molecule has 0 radical (unpaired) electrons. The van der Waals surface area contributed by atoms with E-state index >= 15 is 0 Å². The maximum absolute atomic E-state index is 10.5. The second-order valence-electron chi connectivity index (χ2n) is 5.67. The lowest BCUT2D eigenvalue weighted by molar-refractivity contribution is 0.0507. The quantitative estimate of drug-likeness (QED) is 0.762. The van der Waals surface area contributed by atoms with Crippen LogP contribution in [0.25, 0.3) is 10.9 Å². The number of aliphatic hydroxyl groups is 1. The largest absolute Gasteiger partial charge is 0.390 e. The number of nitrogens with zero attached hydrogens (tertiary/aromatic N) is 1. The van der Waals surface area contributed by atoms with Crippen LogP contribution in [-0.2, 0) is 6.42 Å². The van der Waals surface area contributed by atoms with Gasteiger partial charge in [0.05, 0.1) is 11.1 Å². The van der Waals surface area contributed by atoms with Crippen molar-refractivity contribution >= 4 is 10.9 Å². The number of nitrogens with one attached hydrogen (secondary N) is 1. The molecule has 1 aromatic heterocycles. The van der Waals surface area contributed by atoms with E-state index < -0.39 is 5.60 Å². The van der Waals surface area contributed by atoms with Crippen LogP contribution in [0.5, 0.6) is 0 Å². The van der Waals surface area contributed by atoms with Gasteiger partial charge in [0.2, 0.25) is 0 Å². The van der Waals surface area contributed by atoms with E-state index in [-0.39, 0.29) is 0 Å². The van der Waals surface area contributed by atoms with Gasteiger partial charge in [0.25, 0.3) is 0 Å². The molecule has 0 saturated heterocycles. The Bertz CT molecular complexity index is 551. The summed E-state index contributed by atoms with van der Waals surface area (Å²) in [6, 6.07) is 12.2. The van der Waals surface area contributed by atoms with E-state index in [2.05, 4.69) is 29.4 Å². The highest BCUT2D eigenvalue weighted by molar-refractivity contribution is 5.78. The van der Waals surface area contributed by atoms with Gasteiger partial charge >= 0.3 is 0 Å². The topological polar surface area (TPSA) is 45.1 Å². The molecule has 0 bridgehead atoms. The second kappa shape index (κ2) is 6.82. The Kier molecular flexibility index (Phi) is 5.10. The standard InChI is InChI=1S/C17H24N2O/c1-3-11-18-12-10-17(2,20)13-15-9-8-14-6-4-5-7-16(14)19-15/h4-9,18,20H,3,10-13H2,1-2H3. The summed E-state index contributed by atoms with van der Waals surface area (Å²) in [5, 5.41) is 14.9. The minimum absolute atomic E-state index is 0.589. The number of benzene rings is 1. The first kappa shape index (κ1) is 14.9. The Balaban J connectivity index is 1.99. The average Bonchev–Trinajstić information content (AvgIpc) is 2.43. The van der Waals surface area contributed by atoms with Crippen LogP contribution >= 0.6 is 0 Å². The smallest absolute Gasteiger partial charge is 0.0705 e. The van der Waals surface area contributed by atoms with Crippen molar-refractivity contribution in [2.45, 2.75) is 38.7 Å². The van der Waals surface area contributed by atoms with Gasteiger partial charge in [-0.2, -0.15) is 0 Å². The minimum atomic E-state index is -0.712. The predicted octanol–water partition coefficient (Wildman–Crippen LogP) is 2.92. The summed E-state index contributed by atoms with van der Waals surface area (Å²) in [6.07, 6.45) is 2.45. The summed E-state index contributed by atoms with van der Waals surface area (Å²) < 4.78 is 0. The Hall–Kier alpha value is -1.45. The van der Waals surface area contributed by atoms with E-state index in [4.69, 9.17) is 0 Å². The Labute approximate surface area is 121 Å². The summed E-state index contributed by atoms with van der Waals surface area (Å²) in [5.41, 5.74) is 1.23. The normalized spacial score (nSPS) is 14.3. The molecule has 3 nitrogen and oxygen atoms in total. The SMILES string of the molecule is CCCNCCC(C)(O)Cc1ccc2ccccc2n1. The molecule has 3 heteroatoms. The lowest BCUT2D eigenvalue weighted by Crippen LogP contribution is -2.32. The summed E-state index contributed by atoms with van der Waals surface area (Å²) in [7, 11) is 0. The van der Waals surface area contributed by atoms with Crippen LogP contribution in [0.2, 0.25) is 0 Å². The van der Waals surface area contributed by atoms with E-state index in [0.29, 0.717) is 6.42 Å². The minimum Gasteiger partial charge on any atom is -0.390 e. The lowest BCUT2D eigenvalue weighted by atomic mass is 9.95. The van der Waals surface area contributed by atoms with Gasteiger partial charge in [0.1, 0.15) is 0 Å². The number of rotatable bonds is 7. The van der Waals surface area contributed by atoms with Gasteiger partial charge in [-0.15, -0.1) is 0 Å². The number of fused-ring (bicyclic) bond motifs is 1. The fraction of sp³-hybridized carbons (Fsp3) is 0.471. The first-order chi connectivity index (χ1) is 9.61. The van der Waals surface area contributed by atoms with Crippen molar-refractivity contribution in [2.24, 2.45) is 0 Å². The zero-order valence-electron chi connectivity index (χ0n) is 12.4. The van der Waals surface area contributed by atoms with Crippen molar-refractivity contribution in [3.63, 3.8) is 0 Å². The molecule has 2 aromatic rings. The summed E-state index contributed by atoms with van der Waals surface area (Å²) in [5.74, 6) is 0. The van der Waals surface area contributed by atoms with Crippen molar-refractivity contribution < 1.29 is 5.11 Å². The molecule has 20 heavy (non-hydrogen) atoms. The third kappa shape index (κ3) is 4.29. The van der Waals surface area contributed by atoms with E-state index in [1.807, 2.05) is 31.2 Å². The maximum atomic E-state index is 10.5. The first-order valence-corrected chi connectivity index (χ1v) is 7.38. The highest BCUT2D eigenvalue weighted by Crippen LogP contribution is 2.18. The second-order valence-corrected chi connectivity index (χ2v) is 5.67. The third-order valence-corrected chi connectivity index (χ3v) is 3.49. The van der Waals surface area contributed by atoms with Gasteiger partial charge in [0, 0.05) is 17.5 Å². The zero-order chi connectivity index (χ0) is 14.4. The lowest BCUT2D eigenvalue weighted by Gasteiger charge is -2.23. The molecule has 0 aliphatic rings. The summed E-state index contributed by atoms with van der Waals surface area (Å²) in [6.45, 7) is 5.88. The molecule has 1 heterocycles. The fourth-order valence-corrected chi connectivity index (χ4v) is 2.34. The molecule has 0 aliphatic carbocycles. The fourth-order valence-electron chi connectivity index (χ4n) is 2.34. The first-order valence-electron chi connectivity index (χ1n) is 7.38. The van der Waals surface area contributed by atoms with Crippen molar-refractivity contribution in [3.8, 4) is 0 Å². The molecule has 0 aliphatic heterocycles. The van der Waals surface area contributed by atoms with Crippen LogP contribution in [0.1, 0.15) is 32.4 Å². The van der Waals surface area contributed by atoms with Gasteiger partial charge < -0.3 is 10.4 Å².